The lowest BCUT2D eigenvalue weighted by Crippen LogP contribution is -2.34. The summed E-state index contributed by atoms with van der Waals surface area (Å²) in [6.07, 6.45) is 0.641. The maximum atomic E-state index is 12.6. The molecule has 0 heterocycles. The predicted molar refractivity (Wildman–Crippen MR) is 92.2 cm³/mol. The molecule has 0 amide bonds. The van der Waals surface area contributed by atoms with Crippen LogP contribution in [0.1, 0.15) is 25.8 Å². The number of aryl methyl sites for hydroxylation is 1. The Labute approximate surface area is 140 Å². The fraction of sp³-hybridized carbons (Fsp3) is 0.600. The van der Waals surface area contributed by atoms with Crippen LogP contribution in [0.25, 0.3) is 0 Å². The van der Waals surface area contributed by atoms with E-state index in [1.165, 1.54) is 4.31 Å². The highest BCUT2D eigenvalue weighted by Gasteiger charge is 2.23. The van der Waals surface area contributed by atoms with E-state index in [0.29, 0.717) is 35.1 Å². The number of nitrogens with two attached hydrogens (primary N) is 1. The molecule has 7 heteroatoms. The minimum absolute atomic E-state index is 0. The first-order valence-corrected chi connectivity index (χ1v) is 8.50. The number of benzene rings is 1. The molecule has 5 nitrogen and oxygen atoms in total. The summed E-state index contributed by atoms with van der Waals surface area (Å²) < 4.78 is 31.6. The van der Waals surface area contributed by atoms with Crippen molar-refractivity contribution in [3.8, 4) is 5.75 Å². The molecule has 1 rings (SSSR count). The largest absolute Gasteiger partial charge is 0.497 e. The summed E-state index contributed by atoms with van der Waals surface area (Å²) in [6, 6.07) is 4.97. The molecule has 0 aliphatic rings. The van der Waals surface area contributed by atoms with Crippen LogP contribution in [-0.2, 0) is 10.0 Å². The number of sulfonamides is 1. The van der Waals surface area contributed by atoms with Crippen LogP contribution in [0.5, 0.6) is 5.75 Å². The minimum atomic E-state index is -3.49. The maximum absolute atomic E-state index is 12.6. The quantitative estimate of drug-likeness (QED) is 0.819. The van der Waals surface area contributed by atoms with Gasteiger partial charge in [-0.25, -0.2) is 12.7 Å². The first-order valence-electron chi connectivity index (χ1n) is 7.06. The van der Waals surface area contributed by atoms with Gasteiger partial charge in [0, 0.05) is 19.6 Å². The summed E-state index contributed by atoms with van der Waals surface area (Å²) in [4.78, 5) is 0.309. The van der Waals surface area contributed by atoms with Gasteiger partial charge in [-0.1, -0.05) is 13.8 Å². The number of hydrogen-bond acceptors (Lipinski definition) is 4. The molecule has 2 N–H and O–H groups in total. The average molecular weight is 351 g/mol. The van der Waals surface area contributed by atoms with E-state index < -0.39 is 10.0 Å². The molecule has 1 unspecified atom stereocenters. The third-order valence-corrected chi connectivity index (χ3v) is 5.72. The van der Waals surface area contributed by atoms with Crippen LogP contribution in [0.15, 0.2) is 23.1 Å². The standard InChI is InChI=1S/C15H26N2O3S.ClH/c1-11(2)14(16)8-9-17(4)21(18,19)15-7-6-13(20-5)10-12(15)3;/h6-7,10-11,14H,8-9,16H2,1-5H3;1H. The fourth-order valence-electron chi connectivity index (χ4n) is 1.99. The molecule has 0 radical (unpaired) electrons. The Hall–Kier alpha value is -0.820. The highest BCUT2D eigenvalue weighted by molar-refractivity contribution is 7.89. The summed E-state index contributed by atoms with van der Waals surface area (Å²) in [5.74, 6) is 0.986. The maximum Gasteiger partial charge on any atom is 0.243 e. The molecule has 0 saturated heterocycles. The van der Waals surface area contributed by atoms with E-state index >= 15 is 0 Å². The lowest BCUT2D eigenvalue weighted by atomic mass is 10.0. The van der Waals surface area contributed by atoms with E-state index in [0.717, 1.165) is 0 Å². The minimum Gasteiger partial charge on any atom is -0.497 e. The second-order valence-electron chi connectivity index (χ2n) is 5.65. The van der Waals surface area contributed by atoms with Gasteiger partial charge in [-0.2, -0.15) is 0 Å². The van der Waals surface area contributed by atoms with Crippen molar-refractivity contribution in [2.75, 3.05) is 20.7 Å². The van der Waals surface area contributed by atoms with Crippen LogP contribution in [0.4, 0.5) is 0 Å². The third-order valence-electron chi connectivity index (χ3n) is 3.70. The Bertz CT molecular complexity index is 576. The van der Waals surface area contributed by atoms with Crippen molar-refractivity contribution >= 4 is 22.4 Å². The number of ether oxygens (including phenoxy) is 1. The SMILES string of the molecule is COc1ccc(S(=O)(=O)N(C)CCC(N)C(C)C)c(C)c1.Cl. The average Bonchev–Trinajstić information content (AvgIpc) is 2.43. The van der Waals surface area contributed by atoms with Crippen molar-refractivity contribution in [3.63, 3.8) is 0 Å². The lowest BCUT2D eigenvalue weighted by molar-refractivity contribution is 0.397. The second-order valence-corrected chi connectivity index (χ2v) is 7.67. The van der Waals surface area contributed by atoms with Gasteiger partial charge in [-0.3, -0.25) is 0 Å². The monoisotopic (exact) mass is 350 g/mol. The van der Waals surface area contributed by atoms with Crippen LogP contribution in [0.2, 0.25) is 0 Å². The van der Waals surface area contributed by atoms with E-state index in [9.17, 15) is 8.42 Å². The first kappa shape index (κ1) is 21.2. The van der Waals surface area contributed by atoms with Crippen molar-refractivity contribution < 1.29 is 13.2 Å². The zero-order chi connectivity index (χ0) is 16.2. The van der Waals surface area contributed by atoms with Crippen LogP contribution in [-0.4, -0.2) is 39.5 Å². The molecule has 128 valence electrons. The van der Waals surface area contributed by atoms with Crippen LogP contribution in [0.3, 0.4) is 0 Å². The molecule has 0 aliphatic heterocycles. The van der Waals surface area contributed by atoms with Gasteiger partial charge in [0.1, 0.15) is 5.75 Å². The molecular weight excluding hydrogens is 324 g/mol. The van der Waals surface area contributed by atoms with Gasteiger partial charge in [0.15, 0.2) is 0 Å². The topological polar surface area (TPSA) is 72.6 Å². The summed E-state index contributed by atoms with van der Waals surface area (Å²) in [5, 5.41) is 0. The third kappa shape index (κ3) is 5.12. The summed E-state index contributed by atoms with van der Waals surface area (Å²) >= 11 is 0. The molecule has 22 heavy (non-hydrogen) atoms. The zero-order valence-electron chi connectivity index (χ0n) is 13.9. The molecule has 0 bridgehead atoms. The van der Waals surface area contributed by atoms with Gasteiger partial charge in [0.2, 0.25) is 10.0 Å². The number of halogens is 1. The van der Waals surface area contributed by atoms with Crippen molar-refractivity contribution in [2.45, 2.75) is 38.1 Å². The molecule has 0 fully saturated rings. The van der Waals surface area contributed by atoms with Gasteiger partial charge in [-0.05, 0) is 43.0 Å². The Morgan fingerprint density at radius 3 is 2.36 bits per heavy atom. The summed E-state index contributed by atoms with van der Waals surface area (Å²) in [6.45, 7) is 6.25. The number of methoxy groups -OCH3 is 1. The normalized spacial score (nSPS) is 13.1. The Kier molecular flexibility index (Phi) is 8.39. The van der Waals surface area contributed by atoms with Gasteiger partial charge in [0.25, 0.3) is 0 Å². The molecule has 0 spiro atoms. The summed E-state index contributed by atoms with van der Waals surface area (Å²) in [5.41, 5.74) is 6.65. The Morgan fingerprint density at radius 2 is 1.91 bits per heavy atom. The van der Waals surface area contributed by atoms with E-state index in [1.807, 2.05) is 13.8 Å². The van der Waals surface area contributed by atoms with Crippen LogP contribution < -0.4 is 10.5 Å². The number of rotatable bonds is 7. The number of hydrogen-bond donors (Lipinski definition) is 1. The van der Waals surface area contributed by atoms with E-state index in [2.05, 4.69) is 0 Å². The van der Waals surface area contributed by atoms with Gasteiger partial charge >= 0.3 is 0 Å². The molecule has 1 aromatic carbocycles. The van der Waals surface area contributed by atoms with Gasteiger partial charge in [-0.15, -0.1) is 12.4 Å². The van der Waals surface area contributed by atoms with Crippen LogP contribution >= 0.6 is 12.4 Å². The van der Waals surface area contributed by atoms with Crippen molar-refractivity contribution in [3.05, 3.63) is 23.8 Å². The molecule has 1 atom stereocenters. The van der Waals surface area contributed by atoms with Gasteiger partial charge < -0.3 is 10.5 Å². The van der Waals surface area contributed by atoms with E-state index in [-0.39, 0.29) is 18.4 Å². The molecule has 1 aromatic rings. The Balaban J connectivity index is 0.00000441. The van der Waals surface area contributed by atoms with E-state index in [4.69, 9.17) is 10.5 Å². The van der Waals surface area contributed by atoms with Crippen LogP contribution in [0, 0.1) is 12.8 Å². The lowest BCUT2D eigenvalue weighted by Gasteiger charge is -2.22. The number of nitrogens with zero attached hydrogens (tertiary/aromatic N) is 1. The smallest absolute Gasteiger partial charge is 0.243 e. The fourth-order valence-corrected chi connectivity index (χ4v) is 3.38. The summed E-state index contributed by atoms with van der Waals surface area (Å²) in [7, 11) is -0.347. The molecule has 0 saturated carbocycles. The molecule has 0 aromatic heterocycles. The zero-order valence-corrected chi connectivity index (χ0v) is 15.5. The van der Waals surface area contributed by atoms with Gasteiger partial charge in [0.05, 0.1) is 12.0 Å². The predicted octanol–water partition coefficient (Wildman–Crippen LogP) is 2.42. The molecular formula is C15H27ClN2O3S. The Morgan fingerprint density at radius 1 is 1.32 bits per heavy atom. The van der Waals surface area contributed by atoms with E-state index in [1.54, 1.807) is 39.3 Å². The molecule has 0 aliphatic carbocycles. The highest BCUT2D eigenvalue weighted by atomic mass is 35.5. The first-order chi connectivity index (χ1) is 9.70. The second kappa shape index (κ2) is 8.72. The highest BCUT2D eigenvalue weighted by Crippen LogP contribution is 2.23. The van der Waals surface area contributed by atoms with Crippen molar-refractivity contribution in [1.29, 1.82) is 0 Å². The van der Waals surface area contributed by atoms with Crippen molar-refractivity contribution in [2.24, 2.45) is 11.7 Å². The van der Waals surface area contributed by atoms with Crippen molar-refractivity contribution in [1.82, 2.24) is 4.31 Å².